The number of nitrogens with one attached hydrogen (secondary N) is 2. The molecular formula is C8H15N2O. The van der Waals surface area contributed by atoms with Gasteiger partial charge in [-0.05, 0) is 32.6 Å². The molecule has 0 aromatic carbocycles. The van der Waals surface area contributed by atoms with Crippen molar-refractivity contribution in [2.45, 2.75) is 44.8 Å². The maximum atomic E-state index is 10.9. The fourth-order valence-corrected chi connectivity index (χ4v) is 1.51. The highest BCUT2D eigenvalue weighted by Gasteiger charge is 2.19. The maximum Gasteiger partial charge on any atom is 0.0931 e. The molecule has 1 aliphatic rings. The van der Waals surface area contributed by atoms with Crippen molar-refractivity contribution in [1.29, 1.82) is 5.41 Å². The van der Waals surface area contributed by atoms with Crippen LogP contribution in [-0.4, -0.2) is 18.0 Å². The summed E-state index contributed by atoms with van der Waals surface area (Å²) in [4.78, 5) is 0. The monoisotopic (exact) mass is 155 g/mol. The van der Waals surface area contributed by atoms with Crippen LogP contribution in [0.1, 0.15) is 32.6 Å². The van der Waals surface area contributed by atoms with Gasteiger partial charge in [0, 0.05) is 6.04 Å². The first-order valence-corrected chi connectivity index (χ1v) is 4.16. The Morgan fingerprint density at radius 2 is 1.91 bits per heavy atom. The lowest BCUT2D eigenvalue weighted by Crippen LogP contribution is -2.36. The standard InChI is InChI=1S/C8H15N2O/c1-6(9)10-7-2-4-8(11)5-3-7/h7-8H,2-5H2,1H3,(H2,9,10). The van der Waals surface area contributed by atoms with Crippen molar-refractivity contribution in [3.8, 4) is 0 Å². The Bertz CT molecular complexity index is 139. The molecule has 0 aliphatic heterocycles. The molecule has 0 saturated heterocycles. The number of rotatable bonds is 1. The highest BCUT2D eigenvalue weighted by Crippen LogP contribution is 2.18. The molecule has 63 valence electrons. The van der Waals surface area contributed by atoms with E-state index in [1.54, 1.807) is 6.92 Å². The minimum Gasteiger partial charge on any atom is -0.372 e. The molecule has 0 bridgehead atoms. The SMILES string of the molecule is CC(=N)NC1CCC([O])CC1. The smallest absolute Gasteiger partial charge is 0.0931 e. The van der Waals surface area contributed by atoms with E-state index in [9.17, 15) is 5.11 Å². The lowest BCUT2D eigenvalue weighted by Gasteiger charge is -2.25. The van der Waals surface area contributed by atoms with E-state index in [0.717, 1.165) is 25.7 Å². The van der Waals surface area contributed by atoms with Crippen molar-refractivity contribution >= 4 is 5.84 Å². The summed E-state index contributed by atoms with van der Waals surface area (Å²) < 4.78 is 0. The Balaban J connectivity index is 2.22. The van der Waals surface area contributed by atoms with E-state index in [2.05, 4.69) is 5.32 Å². The topological polar surface area (TPSA) is 55.8 Å². The zero-order chi connectivity index (χ0) is 8.27. The van der Waals surface area contributed by atoms with Crippen molar-refractivity contribution in [1.82, 2.24) is 5.32 Å². The van der Waals surface area contributed by atoms with Crippen LogP contribution in [0.2, 0.25) is 0 Å². The minimum absolute atomic E-state index is 0.348. The molecule has 3 heteroatoms. The van der Waals surface area contributed by atoms with Crippen molar-refractivity contribution in [3.63, 3.8) is 0 Å². The van der Waals surface area contributed by atoms with Gasteiger partial charge < -0.3 is 5.32 Å². The predicted molar refractivity (Wildman–Crippen MR) is 43.3 cm³/mol. The van der Waals surface area contributed by atoms with Crippen LogP contribution in [0.3, 0.4) is 0 Å². The van der Waals surface area contributed by atoms with Crippen LogP contribution in [0.5, 0.6) is 0 Å². The van der Waals surface area contributed by atoms with E-state index in [1.165, 1.54) is 0 Å². The molecule has 11 heavy (non-hydrogen) atoms. The summed E-state index contributed by atoms with van der Waals surface area (Å²) in [6.45, 7) is 1.74. The molecule has 1 rings (SSSR count). The molecule has 0 aromatic heterocycles. The van der Waals surface area contributed by atoms with Gasteiger partial charge in [-0.25, -0.2) is 5.11 Å². The van der Waals surface area contributed by atoms with Crippen molar-refractivity contribution < 1.29 is 5.11 Å². The Kier molecular flexibility index (Phi) is 2.88. The molecule has 0 unspecified atom stereocenters. The van der Waals surface area contributed by atoms with Crippen LogP contribution in [0, 0.1) is 5.41 Å². The van der Waals surface area contributed by atoms with Gasteiger partial charge in [-0.3, -0.25) is 5.41 Å². The third-order valence-electron chi connectivity index (χ3n) is 2.09. The summed E-state index contributed by atoms with van der Waals surface area (Å²) in [6.07, 6.45) is 3.06. The van der Waals surface area contributed by atoms with Gasteiger partial charge >= 0.3 is 0 Å². The lowest BCUT2D eigenvalue weighted by molar-refractivity contribution is 0.0501. The predicted octanol–water partition coefficient (Wildman–Crippen LogP) is 1.31. The summed E-state index contributed by atoms with van der Waals surface area (Å²) in [5, 5.41) is 21.1. The zero-order valence-electron chi connectivity index (χ0n) is 6.89. The van der Waals surface area contributed by atoms with Gasteiger partial charge in [-0.1, -0.05) is 0 Å². The van der Waals surface area contributed by atoms with Crippen LogP contribution >= 0.6 is 0 Å². The summed E-state index contributed by atoms with van der Waals surface area (Å²) in [5.74, 6) is 0.513. The van der Waals surface area contributed by atoms with Crippen LogP contribution in [0.4, 0.5) is 0 Å². The molecule has 0 heterocycles. The average molecular weight is 155 g/mol. The van der Waals surface area contributed by atoms with Gasteiger partial charge in [0.2, 0.25) is 0 Å². The van der Waals surface area contributed by atoms with Gasteiger partial charge in [0.25, 0.3) is 0 Å². The van der Waals surface area contributed by atoms with Crippen LogP contribution in [-0.2, 0) is 5.11 Å². The van der Waals surface area contributed by atoms with Gasteiger partial charge in [0.15, 0.2) is 0 Å². The summed E-state index contributed by atoms with van der Waals surface area (Å²) in [7, 11) is 0. The average Bonchev–Trinajstić information content (AvgIpc) is 1.93. The molecule has 0 spiro atoms. The Hall–Kier alpha value is -0.570. The second kappa shape index (κ2) is 3.72. The number of hydrogen-bond acceptors (Lipinski definition) is 1. The fourth-order valence-electron chi connectivity index (χ4n) is 1.51. The molecule has 0 atom stereocenters. The second-order valence-electron chi connectivity index (χ2n) is 3.24. The summed E-state index contributed by atoms with van der Waals surface area (Å²) >= 11 is 0. The molecule has 0 amide bonds. The molecule has 1 aliphatic carbocycles. The van der Waals surface area contributed by atoms with E-state index in [0.29, 0.717) is 11.9 Å². The highest BCUT2D eigenvalue weighted by atomic mass is 16.3. The van der Waals surface area contributed by atoms with Gasteiger partial charge in [0.05, 0.1) is 11.9 Å². The first-order chi connectivity index (χ1) is 5.18. The van der Waals surface area contributed by atoms with E-state index in [1.807, 2.05) is 0 Å². The zero-order valence-corrected chi connectivity index (χ0v) is 6.89. The van der Waals surface area contributed by atoms with Crippen molar-refractivity contribution in [2.24, 2.45) is 0 Å². The lowest BCUT2D eigenvalue weighted by atomic mass is 9.93. The Labute approximate surface area is 67.3 Å². The molecule has 0 aromatic rings. The van der Waals surface area contributed by atoms with E-state index in [4.69, 9.17) is 5.41 Å². The Morgan fingerprint density at radius 3 is 2.36 bits per heavy atom. The molecular weight excluding hydrogens is 140 g/mol. The minimum atomic E-state index is -0.348. The normalized spacial score (nSPS) is 31.5. The second-order valence-corrected chi connectivity index (χ2v) is 3.24. The van der Waals surface area contributed by atoms with Crippen molar-refractivity contribution in [2.75, 3.05) is 0 Å². The van der Waals surface area contributed by atoms with Gasteiger partial charge in [0.1, 0.15) is 0 Å². The summed E-state index contributed by atoms with van der Waals surface area (Å²) in [5.41, 5.74) is 0. The third kappa shape index (κ3) is 2.89. The third-order valence-corrected chi connectivity index (χ3v) is 2.09. The van der Waals surface area contributed by atoms with Crippen LogP contribution in [0.25, 0.3) is 0 Å². The van der Waals surface area contributed by atoms with Crippen molar-refractivity contribution in [3.05, 3.63) is 0 Å². The van der Waals surface area contributed by atoms with Gasteiger partial charge in [-0.15, -0.1) is 0 Å². The summed E-state index contributed by atoms with van der Waals surface area (Å²) in [6, 6.07) is 0.387. The quantitative estimate of drug-likeness (QED) is 0.435. The van der Waals surface area contributed by atoms with E-state index < -0.39 is 0 Å². The van der Waals surface area contributed by atoms with Gasteiger partial charge in [-0.2, -0.15) is 0 Å². The van der Waals surface area contributed by atoms with Crippen LogP contribution < -0.4 is 5.32 Å². The maximum absolute atomic E-state index is 10.9. The fraction of sp³-hybridized carbons (Fsp3) is 0.875. The largest absolute Gasteiger partial charge is 0.372 e. The molecule has 1 saturated carbocycles. The van der Waals surface area contributed by atoms with E-state index >= 15 is 0 Å². The highest BCUT2D eigenvalue weighted by molar-refractivity contribution is 5.76. The molecule has 1 fully saturated rings. The molecule has 2 N–H and O–H groups in total. The molecule has 3 nitrogen and oxygen atoms in total. The van der Waals surface area contributed by atoms with E-state index in [-0.39, 0.29) is 6.10 Å². The van der Waals surface area contributed by atoms with Crippen LogP contribution in [0.15, 0.2) is 0 Å². The number of hydrogen-bond donors (Lipinski definition) is 2. The Morgan fingerprint density at radius 1 is 1.36 bits per heavy atom. The first-order valence-electron chi connectivity index (χ1n) is 4.16. The first kappa shape index (κ1) is 8.53. The number of amidine groups is 1. The molecule has 1 radical (unpaired) electrons.